The third kappa shape index (κ3) is 3.49. The summed E-state index contributed by atoms with van der Waals surface area (Å²) in [5.74, 6) is 0.150. The predicted molar refractivity (Wildman–Crippen MR) is 109 cm³/mol. The Bertz CT molecular complexity index is 935. The van der Waals surface area contributed by atoms with Crippen molar-refractivity contribution < 1.29 is 4.79 Å². The zero-order valence-corrected chi connectivity index (χ0v) is 16.6. The monoisotopic (exact) mass is 378 g/mol. The van der Waals surface area contributed by atoms with Crippen LogP contribution in [0.3, 0.4) is 0 Å². The number of hydrazone groups is 1. The van der Waals surface area contributed by atoms with Crippen molar-refractivity contribution in [2.24, 2.45) is 5.10 Å². The maximum absolute atomic E-state index is 12.5. The van der Waals surface area contributed by atoms with Gasteiger partial charge in [0, 0.05) is 23.5 Å². The second-order valence-corrected chi connectivity index (χ2v) is 7.78. The van der Waals surface area contributed by atoms with E-state index in [0.717, 1.165) is 30.9 Å². The number of hydrogen-bond acceptors (Lipinski definition) is 5. The van der Waals surface area contributed by atoms with Crippen molar-refractivity contribution >= 4 is 17.7 Å². The van der Waals surface area contributed by atoms with Gasteiger partial charge >= 0.3 is 0 Å². The van der Waals surface area contributed by atoms with Gasteiger partial charge in [0.1, 0.15) is 5.71 Å². The number of nitrogens with zero attached hydrogens (tertiary/aromatic N) is 4. The Morgan fingerprint density at radius 3 is 2.71 bits per heavy atom. The summed E-state index contributed by atoms with van der Waals surface area (Å²) in [6.45, 7) is 9.80. The largest absolute Gasteiger partial charge is 0.359 e. The molecule has 2 aliphatic rings. The molecule has 0 bridgehead atoms. The molecule has 7 heteroatoms. The highest BCUT2D eigenvalue weighted by Crippen LogP contribution is 2.31. The lowest BCUT2D eigenvalue weighted by molar-refractivity contribution is -0.116. The van der Waals surface area contributed by atoms with E-state index in [1.807, 2.05) is 12.1 Å². The minimum absolute atomic E-state index is 0.199. The van der Waals surface area contributed by atoms with Crippen LogP contribution < -0.4 is 5.43 Å². The van der Waals surface area contributed by atoms with Gasteiger partial charge in [0.2, 0.25) is 0 Å². The van der Waals surface area contributed by atoms with Gasteiger partial charge in [-0.3, -0.25) is 9.69 Å². The van der Waals surface area contributed by atoms with Crippen LogP contribution in [0.5, 0.6) is 0 Å². The highest BCUT2D eigenvalue weighted by Gasteiger charge is 2.27. The van der Waals surface area contributed by atoms with Crippen LogP contribution in [0.15, 0.2) is 29.1 Å². The van der Waals surface area contributed by atoms with Gasteiger partial charge in [-0.05, 0) is 62.0 Å². The first-order chi connectivity index (χ1) is 13.5. The van der Waals surface area contributed by atoms with Crippen molar-refractivity contribution in [3.63, 3.8) is 0 Å². The molecule has 2 aromatic heterocycles. The maximum Gasteiger partial charge on any atom is 0.273 e. The van der Waals surface area contributed by atoms with E-state index >= 15 is 0 Å². The highest BCUT2D eigenvalue weighted by atomic mass is 16.2. The molecule has 2 aliphatic heterocycles. The van der Waals surface area contributed by atoms with Gasteiger partial charge in [0.25, 0.3) is 5.91 Å². The third-order valence-corrected chi connectivity index (χ3v) is 5.46. The van der Waals surface area contributed by atoms with Gasteiger partial charge in [0.05, 0.1) is 18.0 Å². The number of hydrogen-bond donors (Lipinski definition) is 2. The number of H-pyrrole nitrogens is 1. The Kier molecular flexibility index (Phi) is 5.09. The quantitative estimate of drug-likeness (QED) is 0.784. The van der Waals surface area contributed by atoms with Crippen LogP contribution in [0.2, 0.25) is 0 Å². The van der Waals surface area contributed by atoms with Gasteiger partial charge in [-0.15, -0.1) is 0 Å². The number of amides is 1. The van der Waals surface area contributed by atoms with Crippen molar-refractivity contribution in [3.05, 3.63) is 52.1 Å². The molecule has 4 rings (SSSR count). The average Bonchev–Trinajstić information content (AvgIpc) is 3.38. The molecule has 0 aliphatic carbocycles. The average molecular weight is 378 g/mol. The van der Waals surface area contributed by atoms with Crippen LogP contribution in [-0.2, 0) is 11.3 Å². The van der Waals surface area contributed by atoms with Crippen LogP contribution >= 0.6 is 0 Å². The van der Waals surface area contributed by atoms with Crippen LogP contribution in [0, 0.1) is 6.92 Å². The van der Waals surface area contributed by atoms with E-state index in [-0.39, 0.29) is 5.91 Å². The first-order valence-corrected chi connectivity index (χ1v) is 9.85. The molecule has 4 heterocycles. The molecule has 7 nitrogen and oxygen atoms in total. The minimum atomic E-state index is -0.199. The molecule has 0 unspecified atom stereocenters. The van der Waals surface area contributed by atoms with Crippen molar-refractivity contribution in [1.82, 2.24) is 25.5 Å². The lowest BCUT2D eigenvalue weighted by Gasteiger charge is -2.17. The van der Waals surface area contributed by atoms with Crippen LogP contribution in [0.25, 0.3) is 6.08 Å². The Hall–Kier alpha value is -2.80. The summed E-state index contributed by atoms with van der Waals surface area (Å²) in [5, 5.41) is 11.9. The summed E-state index contributed by atoms with van der Waals surface area (Å²) in [7, 11) is 0. The van der Waals surface area contributed by atoms with Crippen LogP contribution in [0.1, 0.15) is 60.7 Å². The molecule has 1 saturated heterocycles. The van der Waals surface area contributed by atoms with Gasteiger partial charge in [-0.25, -0.2) is 5.43 Å². The molecule has 2 aromatic rings. The Balaban J connectivity index is 1.74. The molecule has 2 N–H and O–H groups in total. The summed E-state index contributed by atoms with van der Waals surface area (Å²) in [6, 6.07) is 1.81. The fourth-order valence-electron chi connectivity index (χ4n) is 4.11. The fourth-order valence-corrected chi connectivity index (χ4v) is 4.11. The number of rotatable bonds is 5. The molecule has 28 heavy (non-hydrogen) atoms. The molecule has 1 fully saturated rings. The molecular formula is C21H26N6O. The normalized spacial score (nSPS) is 18.9. The minimum Gasteiger partial charge on any atom is -0.359 e. The highest BCUT2D eigenvalue weighted by molar-refractivity contribution is 6.33. The Morgan fingerprint density at radius 2 is 2.04 bits per heavy atom. The number of likely N-dealkylation sites (tertiary alicyclic amines) is 1. The third-order valence-electron chi connectivity index (χ3n) is 5.46. The number of carbonyl (C=O) groups is 1. The second-order valence-electron chi connectivity index (χ2n) is 7.78. The van der Waals surface area contributed by atoms with Gasteiger partial charge in [-0.1, -0.05) is 13.8 Å². The summed E-state index contributed by atoms with van der Waals surface area (Å²) in [5.41, 5.74) is 9.29. The lowest BCUT2D eigenvalue weighted by Crippen LogP contribution is -2.19. The van der Waals surface area contributed by atoms with Gasteiger partial charge < -0.3 is 4.98 Å². The number of aromatic amines is 1. The van der Waals surface area contributed by atoms with Gasteiger partial charge in [0.15, 0.2) is 0 Å². The van der Waals surface area contributed by atoms with E-state index in [0.29, 0.717) is 17.2 Å². The van der Waals surface area contributed by atoms with Crippen molar-refractivity contribution in [2.75, 3.05) is 13.1 Å². The van der Waals surface area contributed by atoms with Crippen molar-refractivity contribution in [1.29, 1.82) is 0 Å². The maximum atomic E-state index is 12.5. The summed E-state index contributed by atoms with van der Waals surface area (Å²) in [4.78, 5) is 18.5. The molecule has 0 radical (unpaired) electrons. The van der Waals surface area contributed by atoms with Gasteiger partial charge in [-0.2, -0.15) is 15.3 Å². The van der Waals surface area contributed by atoms with Crippen molar-refractivity contribution in [2.45, 2.75) is 46.1 Å². The van der Waals surface area contributed by atoms with E-state index in [1.54, 1.807) is 12.4 Å². The summed E-state index contributed by atoms with van der Waals surface area (Å²) in [6.07, 6.45) is 7.70. The first-order valence-electron chi connectivity index (χ1n) is 9.85. The van der Waals surface area contributed by atoms with E-state index in [1.165, 1.54) is 29.7 Å². The van der Waals surface area contributed by atoms with E-state index in [4.69, 9.17) is 0 Å². The van der Waals surface area contributed by atoms with E-state index < -0.39 is 0 Å². The smallest absolute Gasteiger partial charge is 0.273 e. The molecule has 0 spiro atoms. The molecule has 146 valence electrons. The Morgan fingerprint density at radius 1 is 1.25 bits per heavy atom. The number of aromatic nitrogens is 3. The molecular weight excluding hydrogens is 352 g/mol. The number of aryl methyl sites for hydroxylation is 1. The van der Waals surface area contributed by atoms with E-state index in [2.05, 4.69) is 51.4 Å². The topological polar surface area (TPSA) is 86.3 Å². The second kappa shape index (κ2) is 7.67. The molecule has 0 aromatic carbocycles. The summed E-state index contributed by atoms with van der Waals surface area (Å²) < 4.78 is 0. The molecule has 0 saturated carbocycles. The molecule has 1 amide bonds. The standard InChI is InChI=1S/C21H26N6O/c1-13(2)19-17(12-27-8-4-5-9-27)14(3)24-18(19)10-16-20(25-26-21(16)28)15-6-7-22-23-11-15/h6-7,10-11,13,24H,4-5,8-9,12H2,1-3H3,(H,26,28). The lowest BCUT2D eigenvalue weighted by atomic mass is 9.95. The first kappa shape index (κ1) is 18.6. The van der Waals surface area contributed by atoms with Crippen LogP contribution in [0.4, 0.5) is 0 Å². The zero-order chi connectivity index (χ0) is 19.7. The molecule has 0 atom stereocenters. The van der Waals surface area contributed by atoms with Crippen LogP contribution in [-0.4, -0.2) is 44.8 Å². The summed E-state index contributed by atoms with van der Waals surface area (Å²) >= 11 is 0. The zero-order valence-electron chi connectivity index (χ0n) is 16.6. The number of carbonyl (C=O) groups excluding carboxylic acids is 1. The Labute approximate surface area is 164 Å². The predicted octanol–water partition coefficient (Wildman–Crippen LogP) is 2.75. The SMILES string of the molecule is Cc1[nH]c(C=C2C(=O)NN=C2c2ccnnc2)c(C(C)C)c1CN1CCCC1. The number of nitrogens with one attached hydrogen (secondary N) is 2. The van der Waals surface area contributed by atoms with E-state index in [9.17, 15) is 4.79 Å². The van der Waals surface area contributed by atoms with Crippen molar-refractivity contribution in [3.8, 4) is 0 Å². The fraction of sp³-hybridized carbons (Fsp3) is 0.429.